The van der Waals surface area contributed by atoms with Gasteiger partial charge in [-0.05, 0) is 41.1 Å². The molecule has 0 amide bonds. The average molecular weight is 427 g/mol. The average Bonchev–Trinajstić information content (AvgIpc) is 3.34. The third-order valence-corrected chi connectivity index (χ3v) is 5.36. The van der Waals surface area contributed by atoms with Crippen molar-refractivity contribution in [3.05, 3.63) is 69.2 Å². The molecule has 0 radical (unpaired) electrons. The topological polar surface area (TPSA) is 84.1 Å². The van der Waals surface area contributed by atoms with Crippen molar-refractivity contribution < 1.29 is 13.9 Å². The number of aryl methyl sites for hydroxylation is 2. The molecule has 0 bridgehead atoms. The molecule has 0 unspecified atom stereocenters. The summed E-state index contributed by atoms with van der Waals surface area (Å²) in [6.07, 6.45) is 0. The first kappa shape index (κ1) is 19.8. The lowest BCUT2D eigenvalue weighted by atomic mass is 10.1. The highest BCUT2D eigenvalue weighted by Gasteiger charge is 2.15. The van der Waals surface area contributed by atoms with Crippen LogP contribution in [0.3, 0.4) is 0 Å². The van der Waals surface area contributed by atoms with Gasteiger partial charge in [-0.15, -0.1) is 0 Å². The molecule has 0 atom stereocenters. The van der Waals surface area contributed by atoms with Crippen molar-refractivity contribution in [2.24, 2.45) is 7.05 Å². The monoisotopic (exact) mass is 427 g/mol. The molecule has 2 heterocycles. The smallest absolute Gasteiger partial charge is 0.368 e. The van der Waals surface area contributed by atoms with E-state index in [2.05, 4.69) is 15.4 Å². The van der Waals surface area contributed by atoms with Crippen LogP contribution in [-0.2, 0) is 13.7 Å². The zero-order chi connectivity index (χ0) is 21.3. The summed E-state index contributed by atoms with van der Waals surface area (Å²) in [5, 5.41) is 9.79. The first-order chi connectivity index (χ1) is 14.5. The van der Waals surface area contributed by atoms with Crippen LogP contribution in [0.2, 0.25) is 0 Å². The Morgan fingerprint density at radius 2 is 2.03 bits per heavy atom. The summed E-state index contributed by atoms with van der Waals surface area (Å²) in [5.41, 5.74) is 2.80. The van der Waals surface area contributed by atoms with Gasteiger partial charge >= 0.3 is 5.69 Å². The summed E-state index contributed by atoms with van der Waals surface area (Å²) in [6, 6.07) is 10.1. The van der Waals surface area contributed by atoms with E-state index in [0.717, 1.165) is 15.8 Å². The van der Waals surface area contributed by atoms with Crippen molar-refractivity contribution in [1.29, 1.82) is 0 Å². The molecule has 0 saturated carbocycles. The molecule has 0 aliphatic carbocycles. The molecule has 4 aromatic rings. The largest absolute Gasteiger partial charge is 0.497 e. The number of hydrogen-bond donors (Lipinski definition) is 0. The molecule has 30 heavy (non-hydrogen) atoms. The Kier molecular flexibility index (Phi) is 5.32. The normalized spacial score (nSPS) is 10.9. The minimum Gasteiger partial charge on any atom is -0.497 e. The zero-order valence-electron chi connectivity index (χ0n) is 16.5. The summed E-state index contributed by atoms with van der Waals surface area (Å²) in [6.45, 7) is 2.09. The van der Waals surface area contributed by atoms with Gasteiger partial charge in [0.05, 0.1) is 18.5 Å². The fourth-order valence-corrected chi connectivity index (χ4v) is 3.62. The van der Waals surface area contributed by atoms with E-state index in [1.54, 1.807) is 23.6 Å². The van der Waals surface area contributed by atoms with E-state index in [-0.39, 0.29) is 12.3 Å². The van der Waals surface area contributed by atoms with Gasteiger partial charge in [0.25, 0.3) is 5.19 Å². The number of thiazole rings is 1. The van der Waals surface area contributed by atoms with E-state index < -0.39 is 5.82 Å². The predicted molar refractivity (Wildman–Crippen MR) is 110 cm³/mol. The summed E-state index contributed by atoms with van der Waals surface area (Å²) < 4.78 is 27.6. The molecule has 0 aliphatic rings. The van der Waals surface area contributed by atoms with E-state index in [1.807, 2.05) is 19.1 Å². The van der Waals surface area contributed by atoms with Crippen LogP contribution in [0.25, 0.3) is 16.9 Å². The number of rotatable bonds is 6. The maximum Gasteiger partial charge on any atom is 0.368 e. The molecule has 2 aromatic heterocycles. The standard InChI is InChI=1S/C20H18FN5O3S/c1-12-5-4-6-18(26-20(27)25(2)23-24-26)15(12)10-29-19-22-17(11-30-19)14-8-7-13(28-3)9-16(14)21/h4-9,11H,10H2,1-3H3. The molecule has 8 nitrogen and oxygen atoms in total. The first-order valence-electron chi connectivity index (χ1n) is 8.98. The van der Waals surface area contributed by atoms with Crippen LogP contribution in [0.4, 0.5) is 4.39 Å². The number of nitrogens with zero attached hydrogens (tertiary/aromatic N) is 5. The fraction of sp³-hybridized carbons (Fsp3) is 0.200. The number of hydrogen-bond acceptors (Lipinski definition) is 7. The second kappa shape index (κ2) is 8.07. The number of methoxy groups -OCH3 is 1. The van der Waals surface area contributed by atoms with Crippen LogP contribution in [0.5, 0.6) is 10.9 Å². The number of halogens is 1. The van der Waals surface area contributed by atoms with E-state index in [0.29, 0.717) is 27.9 Å². The lowest BCUT2D eigenvalue weighted by molar-refractivity contribution is 0.303. The maximum atomic E-state index is 14.3. The highest BCUT2D eigenvalue weighted by atomic mass is 32.1. The Morgan fingerprint density at radius 3 is 2.73 bits per heavy atom. The third kappa shape index (κ3) is 3.69. The van der Waals surface area contributed by atoms with E-state index in [9.17, 15) is 9.18 Å². The lowest BCUT2D eigenvalue weighted by Gasteiger charge is -2.11. The highest BCUT2D eigenvalue weighted by Crippen LogP contribution is 2.31. The Bertz CT molecular complexity index is 1260. The molecule has 154 valence electrons. The van der Waals surface area contributed by atoms with Gasteiger partial charge in [-0.2, -0.15) is 9.36 Å². The first-order valence-corrected chi connectivity index (χ1v) is 9.86. The van der Waals surface area contributed by atoms with E-state index >= 15 is 0 Å². The number of aromatic nitrogens is 5. The van der Waals surface area contributed by atoms with Crippen LogP contribution in [0.15, 0.2) is 46.6 Å². The highest BCUT2D eigenvalue weighted by molar-refractivity contribution is 7.11. The molecule has 0 N–H and O–H groups in total. The lowest BCUT2D eigenvalue weighted by Crippen LogP contribution is -2.23. The molecule has 10 heteroatoms. The second-order valence-corrected chi connectivity index (χ2v) is 7.32. The summed E-state index contributed by atoms with van der Waals surface area (Å²) >= 11 is 1.27. The van der Waals surface area contributed by atoms with Crippen molar-refractivity contribution in [3.63, 3.8) is 0 Å². The Labute approximate surface area is 175 Å². The van der Waals surface area contributed by atoms with Gasteiger partial charge in [0.2, 0.25) is 0 Å². The molecular weight excluding hydrogens is 409 g/mol. The Hall–Kier alpha value is -3.53. The third-order valence-electron chi connectivity index (χ3n) is 4.61. The van der Waals surface area contributed by atoms with E-state index in [4.69, 9.17) is 9.47 Å². The van der Waals surface area contributed by atoms with Crippen LogP contribution in [-0.4, -0.2) is 31.9 Å². The SMILES string of the molecule is COc1ccc(-c2csc(OCc3c(C)cccc3-n3nnn(C)c3=O)n2)c(F)c1. The maximum absolute atomic E-state index is 14.3. The van der Waals surface area contributed by atoms with Crippen LogP contribution < -0.4 is 15.2 Å². The predicted octanol–water partition coefficient (Wildman–Crippen LogP) is 3.12. The molecule has 0 aliphatic heterocycles. The molecule has 0 spiro atoms. The molecule has 0 fully saturated rings. The van der Waals surface area contributed by atoms with Crippen molar-refractivity contribution in [1.82, 2.24) is 24.8 Å². The van der Waals surface area contributed by atoms with Gasteiger partial charge in [0.1, 0.15) is 18.2 Å². The minimum absolute atomic E-state index is 0.170. The quantitative estimate of drug-likeness (QED) is 0.470. The van der Waals surface area contributed by atoms with Gasteiger partial charge in [0.15, 0.2) is 0 Å². The number of benzene rings is 2. The minimum atomic E-state index is -0.422. The molecular formula is C20H18FN5O3S. The summed E-state index contributed by atoms with van der Waals surface area (Å²) in [4.78, 5) is 16.6. The Morgan fingerprint density at radius 1 is 1.20 bits per heavy atom. The van der Waals surface area contributed by atoms with Gasteiger partial charge in [-0.3, -0.25) is 0 Å². The van der Waals surface area contributed by atoms with Crippen LogP contribution >= 0.6 is 11.3 Å². The van der Waals surface area contributed by atoms with Gasteiger partial charge in [-0.1, -0.05) is 23.5 Å². The Balaban J connectivity index is 1.58. The molecule has 0 saturated heterocycles. The summed E-state index contributed by atoms with van der Waals surface area (Å²) in [5.74, 6) is 0.0173. The fourth-order valence-electron chi connectivity index (χ4n) is 2.95. The summed E-state index contributed by atoms with van der Waals surface area (Å²) in [7, 11) is 3.02. The number of tetrazole rings is 1. The van der Waals surface area contributed by atoms with Crippen molar-refractivity contribution in [3.8, 4) is 27.9 Å². The molecule has 2 aromatic carbocycles. The van der Waals surface area contributed by atoms with E-state index in [1.165, 1.54) is 36.2 Å². The van der Waals surface area contributed by atoms with Gasteiger partial charge in [0, 0.05) is 29.6 Å². The number of ether oxygens (including phenoxy) is 2. The zero-order valence-corrected chi connectivity index (χ0v) is 17.3. The van der Waals surface area contributed by atoms with Crippen LogP contribution in [0.1, 0.15) is 11.1 Å². The van der Waals surface area contributed by atoms with Crippen molar-refractivity contribution >= 4 is 11.3 Å². The van der Waals surface area contributed by atoms with Gasteiger partial charge in [-0.25, -0.2) is 14.2 Å². The van der Waals surface area contributed by atoms with Crippen LogP contribution in [0, 0.1) is 12.7 Å². The molecule has 4 rings (SSSR count). The van der Waals surface area contributed by atoms with Crippen molar-refractivity contribution in [2.75, 3.05) is 7.11 Å². The van der Waals surface area contributed by atoms with Crippen molar-refractivity contribution in [2.45, 2.75) is 13.5 Å². The van der Waals surface area contributed by atoms with Gasteiger partial charge < -0.3 is 9.47 Å². The second-order valence-electron chi connectivity index (χ2n) is 6.50.